The molecule has 0 fully saturated rings. The number of ketones is 1. The minimum absolute atomic E-state index is 0.0202. The van der Waals surface area contributed by atoms with E-state index in [9.17, 15) is 4.79 Å². The van der Waals surface area contributed by atoms with Gasteiger partial charge in [0.25, 0.3) is 0 Å². The van der Waals surface area contributed by atoms with E-state index in [4.69, 9.17) is 4.43 Å². The number of carbonyl (C=O) groups is 1. The van der Waals surface area contributed by atoms with Crippen LogP contribution in [-0.2, 0) is 4.43 Å². The summed E-state index contributed by atoms with van der Waals surface area (Å²) in [4.78, 5) is 12.3. The zero-order valence-electron chi connectivity index (χ0n) is 9.67. The molecule has 0 radical (unpaired) electrons. The van der Waals surface area contributed by atoms with Crippen molar-refractivity contribution in [3.8, 4) is 0 Å². The summed E-state index contributed by atoms with van der Waals surface area (Å²) < 4.78 is 5.44. The first-order valence-electron chi connectivity index (χ1n) is 5.50. The van der Waals surface area contributed by atoms with Crippen molar-refractivity contribution in [1.29, 1.82) is 0 Å². The van der Waals surface area contributed by atoms with Crippen molar-refractivity contribution in [2.75, 3.05) is 0 Å². The fourth-order valence-electron chi connectivity index (χ4n) is 1.78. The third-order valence-electron chi connectivity index (χ3n) is 2.63. The van der Waals surface area contributed by atoms with Crippen molar-refractivity contribution >= 4 is 16.3 Å². The lowest BCUT2D eigenvalue weighted by atomic mass is 10.0. The van der Waals surface area contributed by atoms with Crippen LogP contribution in [0.2, 0.25) is 0 Å². The Morgan fingerprint density at radius 3 is 2.00 bits per heavy atom. The first-order chi connectivity index (χ1) is 8.33. The van der Waals surface area contributed by atoms with E-state index in [0.29, 0.717) is 16.0 Å². The molecule has 0 spiro atoms. The normalized spacial score (nSPS) is 12.2. The molecular weight excluding hydrogens is 228 g/mol. The van der Waals surface area contributed by atoms with Crippen molar-refractivity contribution in [3.05, 3.63) is 71.8 Å². The molecule has 2 aromatic carbocycles. The topological polar surface area (TPSA) is 26.3 Å². The Kier molecular flexibility index (Phi) is 3.85. The van der Waals surface area contributed by atoms with Gasteiger partial charge in [-0.1, -0.05) is 60.7 Å². The van der Waals surface area contributed by atoms with Gasteiger partial charge in [0.15, 0.2) is 5.78 Å². The maximum absolute atomic E-state index is 12.3. The number of hydrogen-bond donors (Lipinski definition) is 0. The molecule has 0 amide bonds. The van der Waals surface area contributed by atoms with Crippen LogP contribution in [0.15, 0.2) is 60.7 Å². The van der Waals surface area contributed by atoms with Gasteiger partial charge in [0, 0.05) is 5.56 Å². The highest BCUT2D eigenvalue weighted by atomic mass is 28.2. The van der Waals surface area contributed by atoms with Crippen LogP contribution in [0.4, 0.5) is 0 Å². The smallest absolute Gasteiger partial charge is 0.194 e. The van der Waals surface area contributed by atoms with Gasteiger partial charge in [-0.25, -0.2) is 0 Å². The number of benzene rings is 2. The molecule has 2 aromatic rings. The first kappa shape index (κ1) is 11.8. The minimum Gasteiger partial charge on any atom is -0.414 e. The molecule has 0 N–H and O–H groups in total. The van der Waals surface area contributed by atoms with Gasteiger partial charge in [-0.2, -0.15) is 0 Å². The van der Waals surface area contributed by atoms with Crippen LogP contribution in [0.1, 0.15) is 22.0 Å². The largest absolute Gasteiger partial charge is 0.414 e. The lowest BCUT2D eigenvalue weighted by molar-refractivity contribution is 0.0808. The lowest BCUT2D eigenvalue weighted by Crippen LogP contribution is -2.15. The first-order valence-corrected chi connectivity index (χ1v) is 6.31. The van der Waals surface area contributed by atoms with Crippen molar-refractivity contribution in [2.45, 2.75) is 6.10 Å². The second-order valence-corrected chi connectivity index (χ2v) is 4.23. The SMILES string of the molecule is O=C(c1ccccc1)C(O[SiH3])c1ccccc1. The molecule has 2 rings (SSSR count). The summed E-state index contributed by atoms with van der Waals surface area (Å²) >= 11 is 0. The molecular formula is C14H14O2Si. The molecule has 0 aliphatic rings. The van der Waals surface area contributed by atoms with Crippen LogP contribution in [0, 0.1) is 0 Å². The van der Waals surface area contributed by atoms with E-state index in [-0.39, 0.29) is 5.78 Å². The zero-order valence-corrected chi connectivity index (χ0v) is 11.7. The molecule has 1 unspecified atom stereocenters. The summed E-state index contributed by atoms with van der Waals surface area (Å²) in [5.74, 6) is 0.0202. The van der Waals surface area contributed by atoms with E-state index in [1.54, 1.807) is 0 Å². The molecule has 1 atom stereocenters. The second kappa shape index (κ2) is 5.57. The predicted molar refractivity (Wildman–Crippen MR) is 71.0 cm³/mol. The molecule has 2 nitrogen and oxygen atoms in total. The molecule has 0 aliphatic heterocycles. The van der Waals surface area contributed by atoms with Gasteiger partial charge in [0.1, 0.15) is 16.6 Å². The number of Topliss-reactive ketones (excluding diaryl/α,β-unsaturated/α-hetero) is 1. The molecule has 0 saturated heterocycles. The third-order valence-corrected chi connectivity index (χ3v) is 3.11. The number of carbonyl (C=O) groups excluding carboxylic acids is 1. The van der Waals surface area contributed by atoms with Crippen molar-refractivity contribution in [2.24, 2.45) is 0 Å². The molecule has 0 saturated carbocycles. The Bertz CT molecular complexity index is 482. The van der Waals surface area contributed by atoms with Crippen molar-refractivity contribution in [1.82, 2.24) is 0 Å². The van der Waals surface area contributed by atoms with Gasteiger partial charge in [-0.05, 0) is 5.56 Å². The lowest BCUT2D eigenvalue weighted by Gasteiger charge is -2.15. The van der Waals surface area contributed by atoms with E-state index in [0.717, 1.165) is 5.56 Å². The molecule has 86 valence electrons. The van der Waals surface area contributed by atoms with Gasteiger partial charge < -0.3 is 4.43 Å². The van der Waals surface area contributed by atoms with Crippen LogP contribution >= 0.6 is 0 Å². The minimum atomic E-state index is -0.467. The Labute approximate surface area is 104 Å². The standard InChI is InChI=1S/C14H14O2Si/c15-13(11-7-3-1-4-8-11)14(16-17)12-9-5-2-6-10-12/h1-10,14H,17H3. The highest BCUT2D eigenvalue weighted by molar-refractivity contribution is 6.05. The summed E-state index contributed by atoms with van der Waals surface area (Å²) in [6.07, 6.45) is -0.467. The maximum atomic E-state index is 12.3. The number of rotatable bonds is 4. The van der Waals surface area contributed by atoms with Crippen LogP contribution in [0.5, 0.6) is 0 Å². The van der Waals surface area contributed by atoms with E-state index in [1.807, 2.05) is 60.7 Å². The second-order valence-electron chi connectivity index (χ2n) is 3.76. The zero-order chi connectivity index (χ0) is 12.1. The Morgan fingerprint density at radius 2 is 1.47 bits per heavy atom. The maximum Gasteiger partial charge on any atom is 0.194 e. The fourth-order valence-corrected chi connectivity index (χ4v) is 2.26. The van der Waals surface area contributed by atoms with Crippen molar-refractivity contribution < 1.29 is 9.22 Å². The van der Waals surface area contributed by atoms with Gasteiger partial charge in [0.2, 0.25) is 0 Å². The third kappa shape index (κ3) is 2.70. The molecule has 0 bridgehead atoms. The van der Waals surface area contributed by atoms with Crippen LogP contribution < -0.4 is 0 Å². The Balaban J connectivity index is 2.29. The fraction of sp³-hybridized carbons (Fsp3) is 0.0714. The van der Waals surface area contributed by atoms with Crippen molar-refractivity contribution in [3.63, 3.8) is 0 Å². The predicted octanol–water partition coefficient (Wildman–Crippen LogP) is 1.91. The van der Waals surface area contributed by atoms with Crippen LogP contribution in [0.25, 0.3) is 0 Å². The average Bonchev–Trinajstić information content (AvgIpc) is 2.42. The highest BCUT2D eigenvalue weighted by Crippen LogP contribution is 2.21. The van der Waals surface area contributed by atoms with Gasteiger partial charge >= 0.3 is 0 Å². The summed E-state index contributed by atoms with van der Waals surface area (Å²) in [5.41, 5.74) is 1.61. The summed E-state index contributed by atoms with van der Waals surface area (Å²) in [5, 5.41) is 0. The molecule has 3 heteroatoms. The quantitative estimate of drug-likeness (QED) is 0.605. The molecule has 0 heterocycles. The average molecular weight is 242 g/mol. The van der Waals surface area contributed by atoms with E-state index < -0.39 is 6.10 Å². The van der Waals surface area contributed by atoms with E-state index in [1.165, 1.54) is 0 Å². The van der Waals surface area contributed by atoms with Gasteiger partial charge in [0.05, 0.1) is 0 Å². The molecule has 0 aromatic heterocycles. The van der Waals surface area contributed by atoms with E-state index >= 15 is 0 Å². The van der Waals surface area contributed by atoms with Crippen LogP contribution in [0.3, 0.4) is 0 Å². The Morgan fingerprint density at radius 1 is 0.941 bits per heavy atom. The van der Waals surface area contributed by atoms with Gasteiger partial charge in [-0.3, -0.25) is 4.79 Å². The summed E-state index contributed by atoms with van der Waals surface area (Å²) in [6, 6.07) is 18.9. The van der Waals surface area contributed by atoms with Gasteiger partial charge in [-0.15, -0.1) is 0 Å². The monoisotopic (exact) mass is 242 g/mol. The molecule has 17 heavy (non-hydrogen) atoms. The highest BCUT2D eigenvalue weighted by Gasteiger charge is 2.20. The summed E-state index contributed by atoms with van der Waals surface area (Å²) in [6.45, 7) is 0. The number of hydrogen-bond acceptors (Lipinski definition) is 2. The van der Waals surface area contributed by atoms with Crippen LogP contribution in [-0.4, -0.2) is 16.3 Å². The molecule has 0 aliphatic carbocycles. The van der Waals surface area contributed by atoms with E-state index in [2.05, 4.69) is 0 Å². The summed E-state index contributed by atoms with van der Waals surface area (Å²) in [7, 11) is 0.535. The Hall–Kier alpha value is -1.71.